The molecule has 0 saturated heterocycles. The molecule has 0 aromatic carbocycles. The van der Waals surface area contributed by atoms with Gasteiger partial charge in [-0.1, -0.05) is 6.07 Å². The molecule has 1 atom stereocenters. The van der Waals surface area contributed by atoms with E-state index in [4.69, 9.17) is 0 Å². The number of aromatic nitrogens is 2. The van der Waals surface area contributed by atoms with Crippen LogP contribution in [0.1, 0.15) is 42.4 Å². The van der Waals surface area contributed by atoms with Crippen molar-refractivity contribution in [2.45, 2.75) is 31.7 Å². The zero-order valence-corrected chi connectivity index (χ0v) is 11.0. The number of aromatic amines is 1. The highest BCUT2D eigenvalue weighted by Gasteiger charge is 2.26. The molecule has 0 amide bonds. The molecule has 3 rings (SSSR count). The number of hydrogen-bond acceptors (Lipinski definition) is 4. The average molecular weight is 261 g/mol. The fourth-order valence-corrected chi connectivity index (χ4v) is 2.67. The molecule has 1 aliphatic carbocycles. The first-order valence-electron chi connectivity index (χ1n) is 6.13. The van der Waals surface area contributed by atoms with E-state index in [0.717, 1.165) is 18.7 Å². The van der Waals surface area contributed by atoms with Crippen LogP contribution in [0.2, 0.25) is 0 Å². The van der Waals surface area contributed by atoms with Gasteiger partial charge in [0.25, 0.3) is 5.56 Å². The van der Waals surface area contributed by atoms with E-state index in [-0.39, 0.29) is 11.6 Å². The predicted molar refractivity (Wildman–Crippen MR) is 73.2 cm³/mol. The van der Waals surface area contributed by atoms with Crippen molar-refractivity contribution in [1.29, 1.82) is 0 Å². The summed E-state index contributed by atoms with van der Waals surface area (Å²) in [6.07, 6.45) is 2.26. The summed E-state index contributed by atoms with van der Waals surface area (Å²) in [5, 5.41) is 5.34. The Labute approximate surface area is 109 Å². The summed E-state index contributed by atoms with van der Waals surface area (Å²) in [5.74, 6) is 1.95. The van der Waals surface area contributed by atoms with Crippen LogP contribution in [-0.4, -0.2) is 9.97 Å². The second-order valence-electron chi connectivity index (χ2n) is 4.67. The van der Waals surface area contributed by atoms with Gasteiger partial charge in [-0.05, 0) is 31.2 Å². The molecule has 5 heteroatoms. The van der Waals surface area contributed by atoms with Crippen molar-refractivity contribution in [2.75, 3.05) is 5.32 Å². The molecular formula is C13H15N3OS. The molecule has 2 aromatic heterocycles. The SMILES string of the molecule is CC(Nc1cc(=O)[nH]c(C2CC2)n1)c1cccs1. The maximum Gasteiger partial charge on any atom is 0.252 e. The summed E-state index contributed by atoms with van der Waals surface area (Å²) in [6.45, 7) is 2.07. The van der Waals surface area contributed by atoms with Crippen LogP contribution in [0.3, 0.4) is 0 Å². The molecule has 2 heterocycles. The van der Waals surface area contributed by atoms with E-state index >= 15 is 0 Å². The van der Waals surface area contributed by atoms with Gasteiger partial charge in [-0.3, -0.25) is 4.79 Å². The third kappa shape index (κ3) is 2.46. The standard InChI is InChI=1S/C13H15N3OS/c1-8(10-3-2-6-18-10)14-11-7-12(17)16-13(15-11)9-4-5-9/h2-3,6-9H,4-5H2,1H3,(H2,14,15,16,17). The minimum Gasteiger partial charge on any atom is -0.363 e. The third-order valence-electron chi connectivity index (χ3n) is 3.06. The number of nitrogens with zero attached hydrogens (tertiary/aromatic N) is 1. The Kier molecular flexibility index (Phi) is 2.91. The average Bonchev–Trinajstić information content (AvgIpc) is 3.03. The van der Waals surface area contributed by atoms with Gasteiger partial charge in [0.05, 0.1) is 6.04 Å². The fraction of sp³-hybridized carbons (Fsp3) is 0.385. The van der Waals surface area contributed by atoms with Crippen LogP contribution in [0.4, 0.5) is 5.82 Å². The van der Waals surface area contributed by atoms with Crippen LogP contribution >= 0.6 is 11.3 Å². The fourth-order valence-electron chi connectivity index (χ4n) is 1.93. The predicted octanol–water partition coefficient (Wildman–Crippen LogP) is 2.88. The topological polar surface area (TPSA) is 57.8 Å². The largest absolute Gasteiger partial charge is 0.363 e. The Balaban J connectivity index is 1.81. The van der Waals surface area contributed by atoms with Crippen LogP contribution in [0.5, 0.6) is 0 Å². The number of hydrogen-bond donors (Lipinski definition) is 2. The van der Waals surface area contributed by atoms with Crippen LogP contribution < -0.4 is 10.9 Å². The van der Waals surface area contributed by atoms with Gasteiger partial charge in [0.2, 0.25) is 0 Å². The third-order valence-corrected chi connectivity index (χ3v) is 4.11. The molecule has 94 valence electrons. The van der Waals surface area contributed by atoms with Crippen molar-refractivity contribution in [2.24, 2.45) is 0 Å². The van der Waals surface area contributed by atoms with E-state index < -0.39 is 0 Å². The summed E-state index contributed by atoms with van der Waals surface area (Å²) >= 11 is 1.70. The Morgan fingerprint density at radius 2 is 2.39 bits per heavy atom. The van der Waals surface area contributed by atoms with E-state index in [1.807, 2.05) is 11.4 Å². The lowest BCUT2D eigenvalue weighted by Gasteiger charge is -2.13. The Morgan fingerprint density at radius 3 is 3.06 bits per heavy atom. The molecule has 0 radical (unpaired) electrons. The number of thiophene rings is 1. The minimum absolute atomic E-state index is 0.0761. The van der Waals surface area contributed by atoms with Crippen molar-refractivity contribution in [3.05, 3.63) is 44.6 Å². The van der Waals surface area contributed by atoms with Gasteiger partial charge < -0.3 is 10.3 Å². The van der Waals surface area contributed by atoms with Crippen molar-refractivity contribution < 1.29 is 0 Å². The molecule has 0 aliphatic heterocycles. The van der Waals surface area contributed by atoms with Crippen molar-refractivity contribution in [1.82, 2.24) is 9.97 Å². The maximum absolute atomic E-state index is 11.6. The van der Waals surface area contributed by atoms with Crippen molar-refractivity contribution in [3.8, 4) is 0 Å². The van der Waals surface area contributed by atoms with E-state index in [0.29, 0.717) is 11.7 Å². The van der Waals surface area contributed by atoms with Crippen LogP contribution in [0.15, 0.2) is 28.4 Å². The van der Waals surface area contributed by atoms with Crippen molar-refractivity contribution >= 4 is 17.2 Å². The lowest BCUT2D eigenvalue weighted by molar-refractivity contribution is 0.860. The van der Waals surface area contributed by atoms with Crippen LogP contribution in [-0.2, 0) is 0 Å². The van der Waals surface area contributed by atoms with Gasteiger partial charge in [-0.2, -0.15) is 0 Å². The van der Waals surface area contributed by atoms with Gasteiger partial charge in [-0.25, -0.2) is 4.98 Å². The number of rotatable bonds is 4. The summed E-state index contributed by atoms with van der Waals surface area (Å²) < 4.78 is 0. The molecule has 2 N–H and O–H groups in total. The molecule has 1 fully saturated rings. The molecule has 1 saturated carbocycles. The van der Waals surface area contributed by atoms with E-state index in [9.17, 15) is 4.79 Å². The molecule has 0 bridgehead atoms. The summed E-state index contributed by atoms with van der Waals surface area (Å²) in [7, 11) is 0. The normalized spacial score (nSPS) is 16.5. The van der Waals surface area contributed by atoms with E-state index in [1.165, 1.54) is 10.9 Å². The quantitative estimate of drug-likeness (QED) is 0.889. The first-order chi connectivity index (χ1) is 8.72. The molecule has 18 heavy (non-hydrogen) atoms. The van der Waals surface area contributed by atoms with Gasteiger partial charge >= 0.3 is 0 Å². The maximum atomic E-state index is 11.6. The smallest absolute Gasteiger partial charge is 0.252 e. The molecule has 1 unspecified atom stereocenters. The van der Waals surface area contributed by atoms with Crippen molar-refractivity contribution in [3.63, 3.8) is 0 Å². The molecule has 4 nitrogen and oxygen atoms in total. The molecule has 0 spiro atoms. The summed E-state index contributed by atoms with van der Waals surface area (Å²) in [5.41, 5.74) is -0.0761. The van der Waals surface area contributed by atoms with E-state index in [1.54, 1.807) is 11.3 Å². The van der Waals surface area contributed by atoms with Gasteiger partial charge in [0.1, 0.15) is 11.6 Å². The van der Waals surface area contributed by atoms with Gasteiger partial charge in [0, 0.05) is 16.9 Å². The Hall–Kier alpha value is -1.62. The highest BCUT2D eigenvalue weighted by atomic mass is 32.1. The molecule has 1 aliphatic rings. The van der Waals surface area contributed by atoms with E-state index in [2.05, 4.69) is 28.3 Å². The Bertz CT molecular complexity index is 587. The zero-order valence-electron chi connectivity index (χ0n) is 10.1. The number of H-pyrrole nitrogens is 1. The summed E-state index contributed by atoms with van der Waals surface area (Å²) in [6, 6.07) is 5.80. The molecule has 2 aromatic rings. The lowest BCUT2D eigenvalue weighted by Crippen LogP contribution is -2.14. The summed E-state index contributed by atoms with van der Waals surface area (Å²) in [4.78, 5) is 20.1. The number of nitrogens with one attached hydrogen (secondary N) is 2. The van der Waals surface area contributed by atoms with Gasteiger partial charge in [-0.15, -0.1) is 11.3 Å². The highest BCUT2D eigenvalue weighted by molar-refractivity contribution is 7.10. The number of anilines is 1. The van der Waals surface area contributed by atoms with Crippen LogP contribution in [0.25, 0.3) is 0 Å². The lowest BCUT2D eigenvalue weighted by atomic mass is 10.3. The minimum atomic E-state index is -0.0761. The highest BCUT2D eigenvalue weighted by Crippen LogP contribution is 2.37. The van der Waals surface area contributed by atoms with Crippen LogP contribution in [0, 0.1) is 0 Å². The monoisotopic (exact) mass is 261 g/mol. The second kappa shape index (κ2) is 4.57. The van der Waals surface area contributed by atoms with Gasteiger partial charge in [0.15, 0.2) is 0 Å². The second-order valence-corrected chi connectivity index (χ2v) is 5.65. The zero-order chi connectivity index (χ0) is 12.5. The Morgan fingerprint density at radius 1 is 1.56 bits per heavy atom. The molecular weight excluding hydrogens is 246 g/mol. The first kappa shape index (κ1) is 11.5. The first-order valence-corrected chi connectivity index (χ1v) is 7.01.